The van der Waals surface area contributed by atoms with Crippen LogP contribution in [0.5, 0.6) is 5.75 Å². The zero-order valence-electron chi connectivity index (χ0n) is 17.8. The minimum atomic E-state index is -0.642. The maximum Gasteiger partial charge on any atom is 0.309 e. The average molecular weight is 400 g/mol. The topological polar surface area (TPSA) is 75.1 Å². The summed E-state index contributed by atoms with van der Waals surface area (Å²) in [5, 5.41) is 5.40. The average Bonchev–Trinajstić information content (AvgIpc) is 2.72. The molecule has 0 fully saturated rings. The molecular formula is C22H31N4O3+. The predicted octanol–water partition coefficient (Wildman–Crippen LogP) is 0.379. The van der Waals surface area contributed by atoms with Crippen molar-refractivity contribution in [1.29, 1.82) is 0 Å². The Labute approximate surface area is 172 Å². The first kappa shape index (κ1) is 22.2. The molecule has 0 aliphatic heterocycles. The molecule has 29 heavy (non-hydrogen) atoms. The third kappa shape index (κ3) is 6.50. The van der Waals surface area contributed by atoms with Gasteiger partial charge in [0.2, 0.25) is 0 Å². The summed E-state index contributed by atoms with van der Waals surface area (Å²) in [6.45, 7) is 0.656. The van der Waals surface area contributed by atoms with E-state index in [-0.39, 0.29) is 12.6 Å². The molecule has 156 valence electrons. The first-order valence-corrected chi connectivity index (χ1v) is 9.58. The quantitative estimate of drug-likeness (QED) is 0.561. The van der Waals surface area contributed by atoms with Crippen LogP contribution in [0, 0.1) is 0 Å². The number of likely N-dealkylation sites (N-methyl/N-ethyl adjacent to an activating group) is 1. The Morgan fingerprint density at radius 1 is 0.966 bits per heavy atom. The van der Waals surface area contributed by atoms with E-state index in [2.05, 4.69) is 34.9 Å². The molecule has 3 N–H and O–H groups in total. The number of carbonyl (C=O) groups is 2. The number of amides is 2. The van der Waals surface area contributed by atoms with Gasteiger partial charge in [0.1, 0.15) is 11.8 Å². The molecule has 0 saturated heterocycles. The molecule has 0 spiro atoms. The van der Waals surface area contributed by atoms with E-state index in [1.165, 1.54) is 4.90 Å². The highest BCUT2D eigenvalue weighted by atomic mass is 16.5. The van der Waals surface area contributed by atoms with E-state index in [9.17, 15) is 9.59 Å². The van der Waals surface area contributed by atoms with Crippen molar-refractivity contribution in [3.05, 3.63) is 59.7 Å². The fourth-order valence-corrected chi connectivity index (χ4v) is 2.94. The van der Waals surface area contributed by atoms with Gasteiger partial charge in [-0.15, -0.1) is 0 Å². The smallest absolute Gasteiger partial charge is 0.309 e. The highest BCUT2D eigenvalue weighted by molar-refractivity contribution is 6.35. The number of hydrogen-bond donors (Lipinski definition) is 3. The van der Waals surface area contributed by atoms with Gasteiger partial charge >= 0.3 is 11.8 Å². The lowest BCUT2D eigenvalue weighted by Crippen LogP contribution is -3.07. The molecule has 0 aliphatic rings. The monoisotopic (exact) mass is 399 g/mol. The van der Waals surface area contributed by atoms with E-state index in [0.29, 0.717) is 6.54 Å². The lowest BCUT2D eigenvalue weighted by atomic mass is 10.1. The van der Waals surface area contributed by atoms with Crippen LogP contribution in [0.15, 0.2) is 48.5 Å². The van der Waals surface area contributed by atoms with Gasteiger partial charge in [0, 0.05) is 31.9 Å². The summed E-state index contributed by atoms with van der Waals surface area (Å²) in [4.78, 5) is 27.5. The number of carbonyl (C=O) groups excluding carboxylic acids is 2. The van der Waals surface area contributed by atoms with Gasteiger partial charge in [-0.05, 0) is 29.8 Å². The van der Waals surface area contributed by atoms with Gasteiger partial charge in [-0.25, -0.2) is 0 Å². The van der Waals surface area contributed by atoms with Crippen LogP contribution in [0.4, 0.5) is 5.69 Å². The summed E-state index contributed by atoms with van der Waals surface area (Å²) in [5.41, 5.74) is 3.11. The van der Waals surface area contributed by atoms with Crippen LogP contribution in [-0.4, -0.2) is 53.7 Å². The lowest BCUT2D eigenvalue weighted by molar-refractivity contribution is -0.890. The van der Waals surface area contributed by atoms with Crippen molar-refractivity contribution in [2.45, 2.75) is 12.6 Å². The fourth-order valence-electron chi connectivity index (χ4n) is 2.94. The molecule has 2 amide bonds. The maximum absolute atomic E-state index is 12.2. The predicted molar refractivity (Wildman–Crippen MR) is 114 cm³/mol. The van der Waals surface area contributed by atoms with Crippen molar-refractivity contribution < 1.29 is 19.2 Å². The molecule has 0 radical (unpaired) electrons. The highest BCUT2D eigenvalue weighted by Gasteiger charge is 2.21. The number of rotatable bonds is 8. The van der Waals surface area contributed by atoms with Crippen LogP contribution in [0.1, 0.15) is 17.2 Å². The van der Waals surface area contributed by atoms with Gasteiger partial charge in [0.25, 0.3) is 0 Å². The second kappa shape index (κ2) is 10.5. The summed E-state index contributed by atoms with van der Waals surface area (Å²) >= 11 is 0. The van der Waals surface area contributed by atoms with Crippen LogP contribution < -0.4 is 25.2 Å². The van der Waals surface area contributed by atoms with Gasteiger partial charge in [0.15, 0.2) is 0 Å². The normalized spacial score (nSPS) is 11.7. The van der Waals surface area contributed by atoms with E-state index in [0.717, 1.165) is 22.6 Å². The molecule has 2 aromatic rings. The van der Waals surface area contributed by atoms with Crippen molar-refractivity contribution >= 4 is 17.5 Å². The summed E-state index contributed by atoms with van der Waals surface area (Å²) in [6.07, 6.45) is 0. The molecule has 0 heterocycles. The third-order valence-electron chi connectivity index (χ3n) is 4.79. The molecule has 0 saturated carbocycles. The van der Waals surface area contributed by atoms with E-state index in [4.69, 9.17) is 4.74 Å². The van der Waals surface area contributed by atoms with Crippen molar-refractivity contribution in [3.63, 3.8) is 0 Å². The molecule has 7 nitrogen and oxygen atoms in total. The van der Waals surface area contributed by atoms with E-state index >= 15 is 0 Å². The Morgan fingerprint density at radius 2 is 1.55 bits per heavy atom. The zero-order valence-corrected chi connectivity index (χ0v) is 17.8. The van der Waals surface area contributed by atoms with Gasteiger partial charge in [-0.2, -0.15) is 0 Å². The third-order valence-corrected chi connectivity index (χ3v) is 4.79. The van der Waals surface area contributed by atoms with Crippen molar-refractivity contribution in [2.75, 3.05) is 46.7 Å². The minimum absolute atomic E-state index is 0.0459. The van der Waals surface area contributed by atoms with E-state index < -0.39 is 11.8 Å². The minimum Gasteiger partial charge on any atom is -0.497 e. The van der Waals surface area contributed by atoms with Gasteiger partial charge in [-0.3, -0.25) is 9.59 Å². The number of methoxy groups -OCH3 is 1. The number of nitrogens with zero attached hydrogens (tertiary/aromatic N) is 1. The second-order valence-electron chi connectivity index (χ2n) is 7.36. The Bertz CT molecular complexity index is 802. The Balaban J connectivity index is 1.89. The van der Waals surface area contributed by atoms with Gasteiger partial charge in [0.05, 0.1) is 27.7 Å². The summed E-state index contributed by atoms with van der Waals surface area (Å²) in [5.74, 6) is -0.528. The molecule has 0 aliphatic carbocycles. The molecule has 2 aromatic carbocycles. The Hall–Kier alpha value is -3.06. The summed E-state index contributed by atoms with van der Waals surface area (Å²) in [7, 11) is 9.64. The van der Waals surface area contributed by atoms with Crippen LogP contribution >= 0.6 is 0 Å². The number of ether oxygens (including phenoxy) is 1. The SMILES string of the molecule is COc1ccc(CNC(=O)C(=O)NC[C@H](c2ccc(N(C)C)cc2)[NH+](C)C)cc1. The van der Waals surface area contributed by atoms with Gasteiger partial charge < -0.3 is 25.2 Å². The number of benzene rings is 2. The molecule has 7 heteroatoms. The molecular weight excluding hydrogens is 368 g/mol. The van der Waals surface area contributed by atoms with Crippen molar-refractivity contribution in [3.8, 4) is 5.75 Å². The first-order valence-electron chi connectivity index (χ1n) is 9.58. The Kier molecular flexibility index (Phi) is 8.03. The first-order chi connectivity index (χ1) is 13.8. The van der Waals surface area contributed by atoms with Crippen LogP contribution in [0.25, 0.3) is 0 Å². The van der Waals surface area contributed by atoms with Crippen LogP contribution in [0.3, 0.4) is 0 Å². The molecule has 0 unspecified atom stereocenters. The standard InChI is InChI=1S/C22H30N4O3/c1-25(2)18-10-8-17(9-11-18)20(26(3)4)15-24-22(28)21(27)23-14-16-6-12-19(29-5)13-7-16/h6-13,20H,14-15H2,1-5H3,(H,23,27)(H,24,28)/p+1/t20-/m1/s1. The zero-order chi connectivity index (χ0) is 21.4. The Morgan fingerprint density at radius 3 is 2.07 bits per heavy atom. The second-order valence-corrected chi connectivity index (χ2v) is 7.36. The number of hydrogen-bond acceptors (Lipinski definition) is 4. The fraction of sp³-hybridized carbons (Fsp3) is 0.364. The largest absolute Gasteiger partial charge is 0.497 e. The summed E-state index contributed by atoms with van der Waals surface area (Å²) < 4.78 is 5.11. The number of nitrogens with one attached hydrogen (secondary N) is 3. The summed E-state index contributed by atoms with van der Waals surface area (Å²) in [6, 6.07) is 15.6. The van der Waals surface area contributed by atoms with E-state index in [1.54, 1.807) is 7.11 Å². The van der Waals surface area contributed by atoms with E-state index in [1.807, 2.05) is 57.4 Å². The lowest BCUT2D eigenvalue weighted by Gasteiger charge is -2.23. The number of anilines is 1. The molecule has 2 rings (SSSR count). The van der Waals surface area contributed by atoms with Crippen LogP contribution in [0.2, 0.25) is 0 Å². The molecule has 0 aromatic heterocycles. The van der Waals surface area contributed by atoms with Crippen molar-refractivity contribution in [2.24, 2.45) is 0 Å². The highest BCUT2D eigenvalue weighted by Crippen LogP contribution is 2.16. The van der Waals surface area contributed by atoms with Crippen LogP contribution in [-0.2, 0) is 16.1 Å². The number of quaternary nitrogens is 1. The molecule has 1 atom stereocenters. The molecule has 0 bridgehead atoms. The maximum atomic E-state index is 12.2. The van der Waals surface area contributed by atoms with Crippen molar-refractivity contribution in [1.82, 2.24) is 10.6 Å². The van der Waals surface area contributed by atoms with Gasteiger partial charge in [-0.1, -0.05) is 24.3 Å².